The third-order valence-electron chi connectivity index (χ3n) is 5.24. The second kappa shape index (κ2) is 5.76. The lowest BCUT2D eigenvalue weighted by molar-refractivity contribution is 0.573. The first-order valence-electron chi connectivity index (χ1n) is 9.20. The topological polar surface area (TPSA) is 30.2 Å². The molecule has 0 N–H and O–H groups in total. The van der Waals surface area contributed by atoms with Crippen LogP contribution in [0.3, 0.4) is 0 Å². The van der Waals surface area contributed by atoms with Gasteiger partial charge in [-0.05, 0) is 47.6 Å². The Labute approximate surface area is 152 Å². The molecule has 3 aromatic heterocycles. The van der Waals surface area contributed by atoms with Crippen LogP contribution in [0.2, 0.25) is 0 Å². The number of nitrogens with zero attached hydrogens (tertiary/aromatic N) is 3. The summed E-state index contributed by atoms with van der Waals surface area (Å²) in [5.41, 5.74) is 4.80. The number of hydrogen-bond acceptors (Lipinski definition) is 2. The Kier molecular flexibility index (Phi) is 3.76. The maximum absolute atomic E-state index is 14.2. The summed E-state index contributed by atoms with van der Waals surface area (Å²) in [5, 5.41) is 1.94. The molecule has 0 spiro atoms. The van der Waals surface area contributed by atoms with Crippen molar-refractivity contribution >= 4 is 27.5 Å². The SMILES string of the molecule is CCC(C)c1cc(F)cc2ccn3c(nc4ccnc(C(C)(C)C)c43)c12. The number of halogens is 1. The van der Waals surface area contributed by atoms with Gasteiger partial charge in [-0.25, -0.2) is 9.37 Å². The van der Waals surface area contributed by atoms with Crippen molar-refractivity contribution in [3.8, 4) is 0 Å². The van der Waals surface area contributed by atoms with Crippen molar-refractivity contribution in [2.24, 2.45) is 0 Å². The first-order chi connectivity index (χ1) is 12.3. The third-order valence-corrected chi connectivity index (χ3v) is 5.24. The van der Waals surface area contributed by atoms with E-state index in [0.717, 1.165) is 45.1 Å². The first-order valence-corrected chi connectivity index (χ1v) is 9.20. The van der Waals surface area contributed by atoms with Crippen molar-refractivity contribution in [2.75, 3.05) is 0 Å². The number of fused-ring (bicyclic) bond motifs is 5. The van der Waals surface area contributed by atoms with Gasteiger partial charge in [0.15, 0.2) is 0 Å². The van der Waals surface area contributed by atoms with Gasteiger partial charge in [-0.3, -0.25) is 9.38 Å². The van der Waals surface area contributed by atoms with E-state index < -0.39 is 0 Å². The standard InChI is InChI=1S/C22H24FN3/c1-6-13(2)16-12-15(23)11-14-8-10-26-19-17(25-21(26)18(14)16)7-9-24-20(19)22(3,4)5/h7-13H,6H2,1-5H3. The number of pyridine rings is 2. The fourth-order valence-electron chi connectivity index (χ4n) is 3.72. The van der Waals surface area contributed by atoms with E-state index in [-0.39, 0.29) is 17.2 Å². The number of imidazole rings is 1. The van der Waals surface area contributed by atoms with Crippen molar-refractivity contribution < 1.29 is 4.39 Å². The van der Waals surface area contributed by atoms with Gasteiger partial charge in [0.25, 0.3) is 0 Å². The summed E-state index contributed by atoms with van der Waals surface area (Å²) in [5.74, 6) is 0.0738. The minimum Gasteiger partial charge on any atom is -0.297 e. The summed E-state index contributed by atoms with van der Waals surface area (Å²) in [4.78, 5) is 9.57. The van der Waals surface area contributed by atoms with E-state index in [9.17, 15) is 4.39 Å². The summed E-state index contributed by atoms with van der Waals surface area (Å²) < 4.78 is 16.3. The highest BCUT2D eigenvalue weighted by Gasteiger charge is 2.23. The molecule has 0 radical (unpaired) electrons. The van der Waals surface area contributed by atoms with Crippen molar-refractivity contribution in [3.05, 3.63) is 53.7 Å². The van der Waals surface area contributed by atoms with Crippen LogP contribution in [0.25, 0.3) is 27.5 Å². The molecule has 3 nitrogen and oxygen atoms in total. The van der Waals surface area contributed by atoms with Gasteiger partial charge in [0, 0.05) is 23.2 Å². The van der Waals surface area contributed by atoms with Crippen molar-refractivity contribution in [1.82, 2.24) is 14.4 Å². The Morgan fingerprint density at radius 2 is 1.96 bits per heavy atom. The third kappa shape index (κ3) is 2.47. The van der Waals surface area contributed by atoms with Crippen molar-refractivity contribution in [3.63, 3.8) is 0 Å². The average Bonchev–Trinajstić information content (AvgIpc) is 2.97. The van der Waals surface area contributed by atoms with Crippen LogP contribution >= 0.6 is 0 Å². The Morgan fingerprint density at radius 3 is 2.65 bits per heavy atom. The number of aromatic nitrogens is 3. The second-order valence-corrected chi connectivity index (χ2v) is 8.17. The maximum atomic E-state index is 14.2. The Morgan fingerprint density at radius 1 is 1.19 bits per heavy atom. The molecule has 0 bridgehead atoms. The summed E-state index contributed by atoms with van der Waals surface area (Å²) in [7, 11) is 0. The van der Waals surface area contributed by atoms with E-state index >= 15 is 0 Å². The van der Waals surface area contributed by atoms with E-state index in [4.69, 9.17) is 4.98 Å². The molecule has 0 saturated carbocycles. The van der Waals surface area contributed by atoms with Crippen LogP contribution in [0.5, 0.6) is 0 Å². The summed E-state index contributed by atoms with van der Waals surface area (Å²) in [6, 6.07) is 7.20. The minimum absolute atomic E-state index is 0.0905. The van der Waals surface area contributed by atoms with Crippen LogP contribution in [-0.2, 0) is 5.41 Å². The van der Waals surface area contributed by atoms with Gasteiger partial charge >= 0.3 is 0 Å². The van der Waals surface area contributed by atoms with E-state index in [2.05, 4.69) is 44.0 Å². The Balaban J connectivity index is 2.21. The molecule has 1 aromatic carbocycles. The van der Waals surface area contributed by atoms with Gasteiger partial charge in [-0.15, -0.1) is 0 Å². The van der Waals surface area contributed by atoms with Crippen LogP contribution < -0.4 is 0 Å². The van der Waals surface area contributed by atoms with Crippen LogP contribution in [0.4, 0.5) is 4.39 Å². The predicted octanol–water partition coefficient (Wildman–Crippen LogP) is 5.99. The lowest BCUT2D eigenvalue weighted by Crippen LogP contribution is -2.14. The molecule has 26 heavy (non-hydrogen) atoms. The van der Waals surface area contributed by atoms with Crippen molar-refractivity contribution in [1.29, 1.82) is 0 Å². The van der Waals surface area contributed by atoms with E-state index in [1.165, 1.54) is 0 Å². The van der Waals surface area contributed by atoms with Gasteiger partial charge in [0.2, 0.25) is 0 Å². The van der Waals surface area contributed by atoms with Crippen LogP contribution in [0, 0.1) is 5.82 Å². The number of rotatable bonds is 2. The Hall–Kier alpha value is -2.49. The van der Waals surface area contributed by atoms with Gasteiger partial charge in [-0.2, -0.15) is 0 Å². The zero-order valence-electron chi connectivity index (χ0n) is 16.0. The van der Waals surface area contributed by atoms with Gasteiger partial charge < -0.3 is 0 Å². The Bertz CT molecular complexity index is 1140. The fourth-order valence-corrected chi connectivity index (χ4v) is 3.72. The van der Waals surface area contributed by atoms with Gasteiger partial charge in [0.1, 0.15) is 11.5 Å². The molecule has 4 aromatic rings. The monoisotopic (exact) mass is 349 g/mol. The molecule has 1 unspecified atom stereocenters. The molecule has 1 atom stereocenters. The highest BCUT2D eigenvalue weighted by Crippen LogP contribution is 2.35. The number of benzene rings is 1. The normalized spacial score (nSPS) is 13.8. The van der Waals surface area contributed by atoms with Crippen LogP contribution in [0.15, 0.2) is 36.7 Å². The maximum Gasteiger partial charge on any atom is 0.146 e. The average molecular weight is 349 g/mol. The molecule has 0 amide bonds. The smallest absolute Gasteiger partial charge is 0.146 e. The highest BCUT2D eigenvalue weighted by atomic mass is 19.1. The zero-order valence-corrected chi connectivity index (χ0v) is 16.0. The zero-order chi connectivity index (χ0) is 18.6. The van der Waals surface area contributed by atoms with E-state index in [1.807, 2.05) is 24.5 Å². The summed E-state index contributed by atoms with van der Waals surface area (Å²) in [6.07, 6.45) is 4.77. The molecule has 3 heterocycles. The molecule has 0 aliphatic carbocycles. The fraction of sp³-hybridized carbons (Fsp3) is 0.364. The van der Waals surface area contributed by atoms with Crippen molar-refractivity contribution in [2.45, 2.75) is 52.4 Å². The summed E-state index contributed by atoms with van der Waals surface area (Å²) >= 11 is 0. The lowest BCUT2D eigenvalue weighted by atomic mass is 9.90. The summed E-state index contributed by atoms with van der Waals surface area (Å²) in [6.45, 7) is 10.8. The van der Waals surface area contributed by atoms with Gasteiger partial charge in [-0.1, -0.05) is 34.6 Å². The van der Waals surface area contributed by atoms with Gasteiger partial charge in [0.05, 0.1) is 16.7 Å². The minimum atomic E-state index is -0.190. The molecule has 0 aliphatic rings. The largest absolute Gasteiger partial charge is 0.297 e. The van der Waals surface area contributed by atoms with Crippen LogP contribution in [-0.4, -0.2) is 14.4 Å². The van der Waals surface area contributed by atoms with E-state index in [0.29, 0.717) is 0 Å². The number of hydrogen-bond donors (Lipinski definition) is 0. The second-order valence-electron chi connectivity index (χ2n) is 8.17. The molecule has 4 rings (SSSR count). The molecule has 4 heteroatoms. The molecule has 134 valence electrons. The highest BCUT2D eigenvalue weighted by molar-refractivity contribution is 6.01. The molecular formula is C22H24FN3. The van der Waals surface area contributed by atoms with Crippen LogP contribution in [0.1, 0.15) is 58.2 Å². The molecule has 0 saturated heterocycles. The van der Waals surface area contributed by atoms with E-state index in [1.54, 1.807) is 12.1 Å². The lowest BCUT2D eigenvalue weighted by Gasteiger charge is -2.19. The first kappa shape index (κ1) is 17.0. The quantitative estimate of drug-likeness (QED) is 0.445. The molecular weight excluding hydrogens is 325 g/mol. The molecule has 0 fully saturated rings. The molecule has 0 aliphatic heterocycles. The predicted molar refractivity (Wildman–Crippen MR) is 105 cm³/mol.